The second kappa shape index (κ2) is 6.29. The lowest BCUT2D eigenvalue weighted by molar-refractivity contribution is 0.179. The fraction of sp³-hybridized carbons (Fsp3) is 0.294. The standard InChI is InChI=1S/C17H20ClNO/c1-11-5-4-6-16(12(11)2)20-17(13(3)19)14-7-9-15(18)10-8-14/h4-10,13,17H,19H2,1-3H3. The van der Waals surface area contributed by atoms with Gasteiger partial charge in [0.2, 0.25) is 0 Å². The van der Waals surface area contributed by atoms with Crippen LogP contribution in [0.25, 0.3) is 0 Å². The highest BCUT2D eigenvalue weighted by molar-refractivity contribution is 6.30. The Kier molecular flexibility index (Phi) is 4.69. The molecule has 20 heavy (non-hydrogen) atoms. The first-order chi connectivity index (χ1) is 9.49. The van der Waals surface area contributed by atoms with E-state index >= 15 is 0 Å². The Morgan fingerprint density at radius 2 is 1.70 bits per heavy atom. The molecule has 0 saturated heterocycles. The Morgan fingerprint density at radius 3 is 2.30 bits per heavy atom. The van der Waals surface area contributed by atoms with E-state index < -0.39 is 0 Å². The average molecular weight is 290 g/mol. The second-order valence-corrected chi connectivity index (χ2v) is 5.58. The molecular formula is C17H20ClNO. The van der Waals surface area contributed by atoms with Gasteiger partial charge in [-0.2, -0.15) is 0 Å². The Bertz CT molecular complexity index is 578. The molecule has 0 saturated carbocycles. The first kappa shape index (κ1) is 14.9. The lowest BCUT2D eigenvalue weighted by Crippen LogP contribution is -2.29. The summed E-state index contributed by atoms with van der Waals surface area (Å²) in [4.78, 5) is 0. The lowest BCUT2D eigenvalue weighted by atomic mass is 10.0. The molecule has 2 N–H and O–H groups in total. The Hall–Kier alpha value is -1.51. The van der Waals surface area contributed by atoms with Gasteiger partial charge < -0.3 is 10.5 Å². The van der Waals surface area contributed by atoms with Crippen molar-refractivity contribution in [3.8, 4) is 5.75 Å². The maximum absolute atomic E-state index is 6.15. The Morgan fingerprint density at radius 1 is 1.05 bits per heavy atom. The highest BCUT2D eigenvalue weighted by Crippen LogP contribution is 2.28. The number of hydrogen-bond donors (Lipinski definition) is 1. The van der Waals surface area contributed by atoms with Crippen molar-refractivity contribution in [2.24, 2.45) is 5.73 Å². The van der Waals surface area contributed by atoms with Crippen LogP contribution in [0.15, 0.2) is 42.5 Å². The fourth-order valence-corrected chi connectivity index (χ4v) is 2.25. The van der Waals surface area contributed by atoms with Crippen LogP contribution in [0.5, 0.6) is 5.75 Å². The average Bonchev–Trinajstić information content (AvgIpc) is 2.41. The normalized spacial score (nSPS) is 13.8. The van der Waals surface area contributed by atoms with E-state index in [0.29, 0.717) is 5.02 Å². The number of ether oxygens (including phenoxy) is 1. The number of nitrogens with two attached hydrogens (primary N) is 1. The van der Waals surface area contributed by atoms with Crippen LogP contribution in [0.3, 0.4) is 0 Å². The van der Waals surface area contributed by atoms with E-state index in [1.165, 1.54) is 5.56 Å². The molecule has 0 aromatic heterocycles. The lowest BCUT2D eigenvalue weighted by Gasteiger charge is -2.24. The third-order valence-corrected chi connectivity index (χ3v) is 3.74. The summed E-state index contributed by atoms with van der Waals surface area (Å²) in [6, 6.07) is 13.6. The fourth-order valence-electron chi connectivity index (χ4n) is 2.12. The number of halogens is 1. The van der Waals surface area contributed by atoms with Crippen molar-refractivity contribution in [2.45, 2.75) is 32.9 Å². The summed E-state index contributed by atoms with van der Waals surface area (Å²) in [6.07, 6.45) is -0.187. The van der Waals surface area contributed by atoms with Gasteiger partial charge in [-0.3, -0.25) is 0 Å². The zero-order chi connectivity index (χ0) is 14.7. The first-order valence-corrected chi connectivity index (χ1v) is 7.10. The zero-order valence-electron chi connectivity index (χ0n) is 12.1. The van der Waals surface area contributed by atoms with Crippen LogP contribution in [0.2, 0.25) is 5.02 Å². The van der Waals surface area contributed by atoms with Crippen molar-refractivity contribution in [2.75, 3.05) is 0 Å². The molecule has 2 aromatic rings. The van der Waals surface area contributed by atoms with Crippen molar-refractivity contribution in [1.82, 2.24) is 0 Å². The molecule has 3 heteroatoms. The van der Waals surface area contributed by atoms with Crippen LogP contribution >= 0.6 is 11.6 Å². The first-order valence-electron chi connectivity index (χ1n) is 6.73. The highest BCUT2D eigenvalue weighted by atomic mass is 35.5. The van der Waals surface area contributed by atoms with E-state index in [1.807, 2.05) is 43.3 Å². The molecule has 0 aliphatic rings. The Labute approximate surface area is 125 Å². The minimum atomic E-state index is -0.187. The number of aryl methyl sites for hydroxylation is 1. The molecule has 2 aromatic carbocycles. The van der Waals surface area contributed by atoms with Gasteiger partial charge in [0.05, 0.1) is 0 Å². The van der Waals surface area contributed by atoms with Crippen molar-refractivity contribution in [3.05, 3.63) is 64.2 Å². The van der Waals surface area contributed by atoms with Gasteiger partial charge in [-0.1, -0.05) is 35.9 Å². The number of rotatable bonds is 4. The van der Waals surface area contributed by atoms with Gasteiger partial charge in [0.1, 0.15) is 11.9 Å². The van der Waals surface area contributed by atoms with Crippen molar-refractivity contribution in [1.29, 1.82) is 0 Å². The van der Waals surface area contributed by atoms with Gasteiger partial charge >= 0.3 is 0 Å². The van der Waals surface area contributed by atoms with Crippen LogP contribution in [0.4, 0.5) is 0 Å². The van der Waals surface area contributed by atoms with Crippen LogP contribution in [0, 0.1) is 13.8 Å². The predicted molar refractivity (Wildman–Crippen MR) is 84.4 cm³/mol. The van der Waals surface area contributed by atoms with E-state index in [0.717, 1.165) is 16.9 Å². The molecule has 0 aliphatic heterocycles. The van der Waals surface area contributed by atoms with Gasteiger partial charge in [-0.05, 0) is 55.7 Å². The van der Waals surface area contributed by atoms with Crippen LogP contribution in [-0.4, -0.2) is 6.04 Å². The van der Waals surface area contributed by atoms with E-state index in [1.54, 1.807) is 0 Å². The van der Waals surface area contributed by atoms with E-state index in [9.17, 15) is 0 Å². The molecule has 2 nitrogen and oxygen atoms in total. The largest absolute Gasteiger partial charge is 0.484 e. The summed E-state index contributed by atoms with van der Waals surface area (Å²) in [5.41, 5.74) is 9.47. The smallest absolute Gasteiger partial charge is 0.138 e. The van der Waals surface area contributed by atoms with Crippen LogP contribution in [-0.2, 0) is 0 Å². The number of hydrogen-bond acceptors (Lipinski definition) is 2. The monoisotopic (exact) mass is 289 g/mol. The number of benzene rings is 2. The maximum atomic E-state index is 6.15. The van der Waals surface area contributed by atoms with E-state index in [4.69, 9.17) is 22.1 Å². The third kappa shape index (κ3) is 3.33. The molecule has 0 heterocycles. The maximum Gasteiger partial charge on any atom is 0.138 e. The molecule has 0 radical (unpaired) electrons. The van der Waals surface area contributed by atoms with Crippen molar-refractivity contribution >= 4 is 11.6 Å². The van der Waals surface area contributed by atoms with Gasteiger partial charge in [0, 0.05) is 11.1 Å². The second-order valence-electron chi connectivity index (χ2n) is 5.15. The predicted octanol–water partition coefficient (Wildman–Crippen LogP) is 4.42. The van der Waals surface area contributed by atoms with Gasteiger partial charge in [-0.15, -0.1) is 0 Å². The van der Waals surface area contributed by atoms with Crippen LogP contribution < -0.4 is 10.5 Å². The minimum Gasteiger partial charge on any atom is -0.484 e. The zero-order valence-corrected chi connectivity index (χ0v) is 12.8. The third-order valence-electron chi connectivity index (χ3n) is 3.48. The quantitative estimate of drug-likeness (QED) is 0.904. The highest BCUT2D eigenvalue weighted by Gasteiger charge is 2.19. The van der Waals surface area contributed by atoms with Gasteiger partial charge in [0.25, 0.3) is 0 Å². The Balaban J connectivity index is 2.30. The molecule has 2 atom stereocenters. The summed E-state index contributed by atoms with van der Waals surface area (Å²) in [6.45, 7) is 6.08. The van der Waals surface area contributed by atoms with E-state index in [2.05, 4.69) is 19.9 Å². The van der Waals surface area contributed by atoms with Crippen molar-refractivity contribution in [3.63, 3.8) is 0 Å². The SMILES string of the molecule is Cc1cccc(OC(c2ccc(Cl)cc2)C(C)N)c1C. The van der Waals surface area contributed by atoms with Crippen molar-refractivity contribution < 1.29 is 4.74 Å². The van der Waals surface area contributed by atoms with Gasteiger partial charge in [-0.25, -0.2) is 0 Å². The molecule has 0 fully saturated rings. The molecule has 0 bridgehead atoms. The molecule has 106 valence electrons. The topological polar surface area (TPSA) is 35.2 Å². The summed E-state index contributed by atoms with van der Waals surface area (Å²) in [5, 5.41) is 0.712. The molecular weight excluding hydrogens is 270 g/mol. The summed E-state index contributed by atoms with van der Waals surface area (Å²) >= 11 is 5.93. The summed E-state index contributed by atoms with van der Waals surface area (Å²) in [5.74, 6) is 0.877. The molecule has 0 spiro atoms. The van der Waals surface area contributed by atoms with Crippen LogP contribution in [0.1, 0.15) is 29.7 Å². The minimum absolute atomic E-state index is 0.115. The van der Waals surface area contributed by atoms with Gasteiger partial charge in [0.15, 0.2) is 0 Å². The summed E-state index contributed by atoms with van der Waals surface area (Å²) < 4.78 is 6.15. The molecule has 0 aliphatic carbocycles. The molecule has 2 unspecified atom stereocenters. The molecule has 2 rings (SSSR count). The summed E-state index contributed by atoms with van der Waals surface area (Å²) in [7, 11) is 0. The molecule has 0 amide bonds. The van der Waals surface area contributed by atoms with E-state index in [-0.39, 0.29) is 12.1 Å².